The summed E-state index contributed by atoms with van der Waals surface area (Å²) in [6.45, 7) is 1.86. The molecular formula is C17H19N3O. The maximum absolute atomic E-state index is 12.6. The summed E-state index contributed by atoms with van der Waals surface area (Å²) in [6.07, 6.45) is 5.34. The van der Waals surface area contributed by atoms with Gasteiger partial charge < -0.3 is 15.2 Å². The van der Waals surface area contributed by atoms with Crippen LogP contribution in [0.4, 0.5) is 5.69 Å². The Labute approximate surface area is 124 Å². The van der Waals surface area contributed by atoms with Gasteiger partial charge in [-0.1, -0.05) is 12.1 Å². The third-order valence-corrected chi connectivity index (χ3v) is 4.34. The van der Waals surface area contributed by atoms with Crippen LogP contribution in [-0.2, 0) is 13.0 Å². The molecule has 4 rings (SSSR count). The van der Waals surface area contributed by atoms with Gasteiger partial charge in [-0.2, -0.15) is 0 Å². The minimum absolute atomic E-state index is 0.00108. The number of nitrogens with one attached hydrogen (secondary N) is 2. The van der Waals surface area contributed by atoms with Crippen LogP contribution in [0, 0.1) is 0 Å². The Hall–Kier alpha value is -2.07. The van der Waals surface area contributed by atoms with E-state index in [0.29, 0.717) is 6.04 Å². The number of hydrogen-bond donors (Lipinski definition) is 2. The third kappa shape index (κ3) is 2.36. The zero-order valence-electron chi connectivity index (χ0n) is 11.9. The number of nitrogens with zero attached hydrogens (tertiary/aromatic N) is 1. The molecule has 1 amide bonds. The lowest BCUT2D eigenvalue weighted by Gasteiger charge is -2.20. The first kappa shape index (κ1) is 12.7. The van der Waals surface area contributed by atoms with Crippen LogP contribution in [0.25, 0.3) is 0 Å². The minimum Gasteiger partial charge on any atom is -0.340 e. The zero-order valence-corrected chi connectivity index (χ0v) is 11.9. The molecule has 2 N–H and O–H groups in total. The second-order valence-electron chi connectivity index (χ2n) is 5.86. The standard InChI is InChI=1S/C17H19N3O/c21-17(16-5-2-10-20(16)13-6-7-13)19-15-4-1-3-12-11-18-9-8-14(12)15/h1-5,10,13,18H,6-9,11H2,(H,19,21). The Morgan fingerprint density at radius 3 is 3.00 bits per heavy atom. The highest BCUT2D eigenvalue weighted by Gasteiger charge is 2.27. The SMILES string of the molecule is O=C(Nc1cccc2c1CCNC2)c1cccn1C1CC1. The highest BCUT2D eigenvalue weighted by atomic mass is 16.1. The molecule has 1 saturated carbocycles. The quantitative estimate of drug-likeness (QED) is 0.908. The van der Waals surface area contributed by atoms with Crippen molar-refractivity contribution in [2.45, 2.75) is 31.8 Å². The molecule has 2 aromatic rings. The van der Waals surface area contributed by atoms with Crippen molar-refractivity contribution >= 4 is 11.6 Å². The Balaban J connectivity index is 1.61. The Morgan fingerprint density at radius 1 is 1.24 bits per heavy atom. The number of amides is 1. The summed E-state index contributed by atoms with van der Waals surface area (Å²) in [5, 5.41) is 6.47. The van der Waals surface area contributed by atoms with Crippen molar-refractivity contribution in [2.24, 2.45) is 0 Å². The average molecular weight is 281 g/mol. The van der Waals surface area contributed by atoms with Crippen molar-refractivity contribution in [2.75, 3.05) is 11.9 Å². The van der Waals surface area contributed by atoms with E-state index in [2.05, 4.69) is 21.3 Å². The molecular weight excluding hydrogens is 262 g/mol. The zero-order chi connectivity index (χ0) is 14.2. The smallest absolute Gasteiger partial charge is 0.272 e. The second kappa shape index (κ2) is 5.04. The van der Waals surface area contributed by atoms with Crippen LogP contribution in [0.2, 0.25) is 0 Å². The summed E-state index contributed by atoms with van der Waals surface area (Å²) in [4.78, 5) is 12.6. The molecule has 2 heterocycles. The first-order valence-corrected chi connectivity index (χ1v) is 7.62. The highest BCUT2D eigenvalue weighted by molar-refractivity contribution is 6.03. The van der Waals surface area contributed by atoms with Crippen LogP contribution in [0.3, 0.4) is 0 Å². The monoisotopic (exact) mass is 281 g/mol. The van der Waals surface area contributed by atoms with Crippen LogP contribution >= 0.6 is 0 Å². The van der Waals surface area contributed by atoms with Crippen molar-refractivity contribution in [3.05, 3.63) is 53.3 Å². The van der Waals surface area contributed by atoms with Gasteiger partial charge >= 0.3 is 0 Å². The summed E-state index contributed by atoms with van der Waals surface area (Å²) in [7, 11) is 0. The second-order valence-corrected chi connectivity index (χ2v) is 5.86. The first-order chi connectivity index (χ1) is 10.3. The highest BCUT2D eigenvalue weighted by Crippen LogP contribution is 2.36. The van der Waals surface area contributed by atoms with Gasteiger partial charge in [-0.3, -0.25) is 4.79 Å². The molecule has 0 spiro atoms. The predicted molar refractivity (Wildman–Crippen MR) is 82.5 cm³/mol. The fourth-order valence-electron chi connectivity index (χ4n) is 3.09. The van der Waals surface area contributed by atoms with E-state index in [9.17, 15) is 4.79 Å². The molecule has 4 heteroatoms. The number of carbonyl (C=O) groups is 1. The van der Waals surface area contributed by atoms with Crippen molar-refractivity contribution in [1.82, 2.24) is 9.88 Å². The molecule has 1 fully saturated rings. The molecule has 108 valence electrons. The van der Waals surface area contributed by atoms with Gasteiger partial charge in [-0.15, -0.1) is 0 Å². The van der Waals surface area contributed by atoms with Gasteiger partial charge in [0.15, 0.2) is 0 Å². The molecule has 1 aliphatic carbocycles. The fraction of sp³-hybridized carbons (Fsp3) is 0.353. The van der Waals surface area contributed by atoms with Crippen molar-refractivity contribution in [1.29, 1.82) is 0 Å². The molecule has 0 radical (unpaired) electrons. The molecule has 1 aromatic heterocycles. The molecule has 21 heavy (non-hydrogen) atoms. The van der Waals surface area contributed by atoms with E-state index in [1.165, 1.54) is 24.0 Å². The van der Waals surface area contributed by atoms with E-state index in [0.717, 1.165) is 30.9 Å². The van der Waals surface area contributed by atoms with Gasteiger partial charge in [0.05, 0.1) is 0 Å². The lowest BCUT2D eigenvalue weighted by Crippen LogP contribution is -2.25. The Bertz CT molecular complexity index is 685. The van der Waals surface area contributed by atoms with Gasteiger partial charge in [-0.05, 0) is 55.1 Å². The number of aromatic nitrogens is 1. The molecule has 0 atom stereocenters. The third-order valence-electron chi connectivity index (χ3n) is 4.34. The van der Waals surface area contributed by atoms with E-state index in [4.69, 9.17) is 0 Å². The molecule has 1 aliphatic heterocycles. The first-order valence-electron chi connectivity index (χ1n) is 7.62. The Morgan fingerprint density at radius 2 is 2.14 bits per heavy atom. The minimum atomic E-state index is -0.00108. The van der Waals surface area contributed by atoms with Crippen molar-refractivity contribution in [3.63, 3.8) is 0 Å². The largest absolute Gasteiger partial charge is 0.340 e. The van der Waals surface area contributed by atoms with E-state index in [1.54, 1.807) is 0 Å². The Kier molecular flexibility index (Phi) is 3.04. The topological polar surface area (TPSA) is 46.1 Å². The number of benzene rings is 1. The number of carbonyl (C=O) groups excluding carboxylic acids is 1. The van der Waals surface area contributed by atoms with Gasteiger partial charge in [-0.25, -0.2) is 0 Å². The average Bonchev–Trinajstić information content (AvgIpc) is 3.24. The van der Waals surface area contributed by atoms with E-state index in [1.807, 2.05) is 30.5 Å². The van der Waals surface area contributed by atoms with E-state index in [-0.39, 0.29) is 5.91 Å². The molecule has 2 aliphatic rings. The lowest BCUT2D eigenvalue weighted by molar-refractivity contribution is 0.101. The van der Waals surface area contributed by atoms with Crippen molar-refractivity contribution < 1.29 is 4.79 Å². The van der Waals surface area contributed by atoms with Gasteiger partial charge in [0.25, 0.3) is 5.91 Å². The van der Waals surface area contributed by atoms with Gasteiger partial charge in [0, 0.05) is 24.5 Å². The summed E-state index contributed by atoms with van der Waals surface area (Å²) in [5.74, 6) is -0.00108. The molecule has 0 bridgehead atoms. The molecule has 4 nitrogen and oxygen atoms in total. The van der Waals surface area contributed by atoms with Crippen LogP contribution in [0.15, 0.2) is 36.5 Å². The maximum atomic E-state index is 12.6. The van der Waals surface area contributed by atoms with Gasteiger partial charge in [0.1, 0.15) is 5.69 Å². The van der Waals surface area contributed by atoms with E-state index < -0.39 is 0 Å². The van der Waals surface area contributed by atoms with Gasteiger partial charge in [0.2, 0.25) is 0 Å². The normalized spacial score (nSPS) is 17.3. The summed E-state index contributed by atoms with van der Waals surface area (Å²) >= 11 is 0. The van der Waals surface area contributed by atoms with Crippen molar-refractivity contribution in [3.8, 4) is 0 Å². The predicted octanol–water partition coefficient (Wildman–Crippen LogP) is 2.72. The lowest BCUT2D eigenvalue weighted by atomic mass is 9.99. The fourth-order valence-corrected chi connectivity index (χ4v) is 3.09. The summed E-state index contributed by atoms with van der Waals surface area (Å²) in [6, 6.07) is 10.5. The van der Waals surface area contributed by atoms with Crippen LogP contribution in [0.5, 0.6) is 0 Å². The number of rotatable bonds is 3. The van der Waals surface area contributed by atoms with Crippen LogP contribution in [-0.4, -0.2) is 17.0 Å². The summed E-state index contributed by atoms with van der Waals surface area (Å²) in [5.41, 5.74) is 4.29. The molecule has 0 saturated heterocycles. The number of fused-ring (bicyclic) bond motifs is 1. The van der Waals surface area contributed by atoms with E-state index >= 15 is 0 Å². The molecule has 0 unspecified atom stereocenters. The maximum Gasteiger partial charge on any atom is 0.272 e. The number of anilines is 1. The summed E-state index contributed by atoms with van der Waals surface area (Å²) < 4.78 is 2.10. The van der Waals surface area contributed by atoms with Crippen LogP contribution < -0.4 is 10.6 Å². The van der Waals surface area contributed by atoms with Crippen LogP contribution in [0.1, 0.15) is 40.5 Å². The molecule has 1 aromatic carbocycles. The number of hydrogen-bond acceptors (Lipinski definition) is 2.